The molecule has 1 aliphatic rings. The first-order valence-corrected chi connectivity index (χ1v) is 5.81. The van der Waals surface area contributed by atoms with Crippen molar-refractivity contribution in [2.24, 2.45) is 5.73 Å². The first-order chi connectivity index (χ1) is 8.47. The summed E-state index contributed by atoms with van der Waals surface area (Å²) in [5.74, 6) is -0.909. The van der Waals surface area contributed by atoms with E-state index in [4.69, 9.17) is 22.1 Å². The van der Waals surface area contributed by atoms with Crippen molar-refractivity contribution >= 4 is 11.6 Å². The van der Waals surface area contributed by atoms with Crippen molar-refractivity contribution in [3.63, 3.8) is 0 Å². The van der Waals surface area contributed by atoms with Crippen molar-refractivity contribution in [3.05, 3.63) is 11.7 Å². The number of aromatic nitrogens is 2. The van der Waals surface area contributed by atoms with Crippen LogP contribution in [0.25, 0.3) is 0 Å². The number of alkyl halides is 3. The van der Waals surface area contributed by atoms with Gasteiger partial charge in [-0.25, -0.2) is 0 Å². The van der Waals surface area contributed by atoms with E-state index in [1.165, 1.54) is 0 Å². The van der Waals surface area contributed by atoms with Gasteiger partial charge in [-0.15, -0.1) is 0 Å². The van der Waals surface area contributed by atoms with E-state index in [0.717, 1.165) is 13.1 Å². The third kappa shape index (κ3) is 3.35. The molecule has 0 aromatic carbocycles. The number of nitrogens with two attached hydrogens (primary N) is 1. The van der Waals surface area contributed by atoms with Crippen molar-refractivity contribution in [2.45, 2.75) is 11.4 Å². The van der Waals surface area contributed by atoms with E-state index in [2.05, 4.69) is 14.7 Å². The smallest absolute Gasteiger partial charge is 0.379 e. The third-order valence-corrected chi connectivity index (χ3v) is 2.74. The van der Waals surface area contributed by atoms with Crippen LogP contribution >= 0.6 is 11.6 Å². The fourth-order valence-corrected chi connectivity index (χ4v) is 1.72. The second kappa shape index (κ2) is 5.43. The van der Waals surface area contributed by atoms with Gasteiger partial charge in [-0.2, -0.15) is 13.8 Å². The Hall–Kier alpha value is -0.830. The number of nitrogens with zero attached hydrogens (tertiary/aromatic N) is 3. The Kier molecular flexibility index (Phi) is 4.10. The van der Waals surface area contributed by atoms with Gasteiger partial charge in [-0.3, -0.25) is 4.90 Å². The molecule has 0 bridgehead atoms. The molecule has 1 aliphatic heterocycles. The lowest BCUT2D eigenvalue weighted by Gasteiger charge is -2.27. The standard InChI is InChI=1S/C9H13ClF2N4O2/c10-9(11,12)8-14-7(15-18-8)6(13)5-16-1-3-17-4-2-16/h6H,1-5,13H2. The van der Waals surface area contributed by atoms with E-state index in [1.807, 2.05) is 4.90 Å². The highest BCUT2D eigenvalue weighted by Gasteiger charge is 2.36. The minimum atomic E-state index is -3.66. The molecule has 1 aromatic rings. The molecule has 0 spiro atoms. The van der Waals surface area contributed by atoms with Crippen LogP contribution in [0, 0.1) is 0 Å². The van der Waals surface area contributed by atoms with E-state index in [1.54, 1.807) is 0 Å². The monoisotopic (exact) mass is 282 g/mol. The molecule has 1 aromatic heterocycles. The highest BCUT2D eigenvalue weighted by atomic mass is 35.5. The lowest BCUT2D eigenvalue weighted by molar-refractivity contribution is 0.0348. The first-order valence-electron chi connectivity index (χ1n) is 5.43. The molecule has 0 saturated carbocycles. The molecular formula is C9H13ClF2N4O2. The van der Waals surface area contributed by atoms with Gasteiger partial charge in [0, 0.05) is 19.6 Å². The SMILES string of the molecule is NC(CN1CCOCC1)c1noc(C(F)(F)Cl)n1. The second-order valence-corrected chi connectivity index (χ2v) is 4.45. The van der Waals surface area contributed by atoms with Gasteiger partial charge in [0.15, 0.2) is 5.82 Å². The average Bonchev–Trinajstić information content (AvgIpc) is 2.79. The quantitative estimate of drug-likeness (QED) is 0.819. The van der Waals surface area contributed by atoms with E-state index in [9.17, 15) is 8.78 Å². The van der Waals surface area contributed by atoms with Gasteiger partial charge >= 0.3 is 11.3 Å². The van der Waals surface area contributed by atoms with Gasteiger partial charge in [0.1, 0.15) is 0 Å². The number of hydrogen-bond donors (Lipinski definition) is 1. The maximum Gasteiger partial charge on any atom is 0.400 e. The molecule has 0 amide bonds. The van der Waals surface area contributed by atoms with Crippen molar-refractivity contribution in [1.82, 2.24) is 15.0 Å². The van der Waals surface area contributed by atoms with Gasteiger partial charge in [-0.1, -0.05) is 5.16 Å². The van der Waals surface area contributed by atoms with E-state index >= 15 is 0 Å². The summed E-state index contributed by atoms with van der Waals surface area (Å²) in [4.78, 5) is 5.55. The summed E-state index contributed by atoms with van der Waals surface area (Å²) in [6.07, 6.45) is 0. The molecule has 0 radical (unpaired) electrons. The molecule has 102 valence electrons. The van der Waals surface area contributed by atoms with Crippen molar-refractivity contribution < 1.29 is 18.0 Å². The second-order valence-electron chi connectivity index (χ2n) is 3.97. The number of hydrogen-bond acceptors (Lipinski definition) is 6. The van der Waals surface area contributed by atoms with Crippen LogP contribution in [0.5, 0.6) is 0 Å². The van der Waals surface area contributed by atoms with Crippen LogP contribution in [0.3, 0.4) is 0 Å². The van der Waals surface area contributed by atoms with Gasteiger partial charge in [0.25, 0.3) is 0 Å². The highest BCUT2D eigenvalue weighted by molar-refractivity contribution is 6.21. The number of morpholine rings is 1. The first kappa shape index (κ1) is 13.6. The van der Waals surface area contributed by atoms with Gasteiger partial charge in [0.05, 0.1) is 19.3 Å². The summed E-state index contributed by atoms with van der Waals surface area (Å²) in [5, 5.41) is -0.248. The van der Waals surface area contributed by atoms with Crippen molar-refractivity contribution in [3.8, 4) is 0 Å². The molecule has 0 aliphatic carbocycles. The molecule has 18 heavy (non-hydrogen) atoms. The lowest BCUT2D eigenvalue weighted by atomic mass is 10.2. The van der Waals surface area contributed by atoms with E-state index in [0.29, 0.717) is 19.8 Å². The topological polar surface area (TPSA) is 77.4 Å². The van der Waals surface area contributed by atoms with Crippen LogP contribution in [0.4, 0.5) is 8.78 Å². The normalized spacial score (nSPS) is 20.0. The van der Waals surface area contributed by atoms with Crippen molar-refractivity contribution in [1.29, 1.82) is 0 Å². The number of ether oxygens (including phenoxy) is 1. The Morgan fingerprint density at radius 3 is 2.67 bits per heavy atom. The van der Waals surface area contributed by atoms with Crippen LogP contribution < -0.4 is 5.73 Å². The molecule has 1 unspecified atom stereocenters. The van der Waals surface area contributed by atoms with Crippen LogP contribution in [0.1, 0.15) is 17.8 Å². The maximum absolute atomic E-state index is 12.7. The molecule has 2 heterocycles. The predicted octanol–water partition coefficient (Wildman–Crippen LogP) is 0.690. The molecule has 2 N–H and O–H groups in total. The van der Waals surface area contributed by atoms with Crippen LogP contribution in [0.15, 0.2) is 4.52 Å². The highest BCUT2D eigenvalue weighted by Crippen LogP contribution is 2.31. The van der Waals surface area contributed by atoms with E-state index < -0.39 is 17.3 Å². The molecule has 1 saturated heterocycles. The zero-order valence-corrected chi connectivity index (χ0v) is 10.2. The zero-order valence-electron chi connectivity index (χ0n) is 9.48. The zero-order chi connectivity index (χ0) is 13.2. The Morgan fingerprint density at radius 1 is 1.44 bits per heavy atom. The summed E-state index contributed by atoms with van der Waals surface area (Å²) in [6.45, 7) is 3.19. The molecule has 1 atom stereocenters. The van der Waals surface area contributed by atoms with Gasteiger partial charge in [0.2, 0.25) is 0 Å². The summed E-state index contributed by atoms with van der Waals surface area (Å²) in [5.41, 5.74) is 5.83. The average molecular weight is 283 g/mol. The lowest BCUT2D eigenvalue weighted by Crippen LogP contribution is -2.40. The Balaban J connectivity index is 1.96. The fourth-order valence-electron chi connectivity index (χ4n) is 1.64. The van der Waals surface area contributed by atoms with Crippen LogP contribution in [-0.4, -0.2) is 47.9 Å². The van der Waals surface area contributed by atoms with Crippen LogP contribution in [0.2, 0.25) is 0 Å². The molecule has 6 nitrogen and oxygen atoms in total. The Bertz CT molecular complexity index is 392. The summed E-state index contributed by atoms with van der Waals surface area (Å²) in [7, 11) is 0. The molecular weight excluding hydrogens is 270 g/mol. The number of halogens is 3. The maximum atomic E-state index is 12.7. The minimum Gasteiger partial charge on any atom is -0.379 e. The predicted molar refractivity (Wildman–Crippen MR) is 58.2 cm³/mol. The summed E-state index contributed by atoms with van der Waals surface area (Å²) in [6, 6.07) is -0.598. The minimum absolute atomic E-state index is 0.0248. The van der Waals surface area contributed by atoms with Gasteiger partial charge in [-0.05, 0) is 11.6 Å². The van der Waals surface area contributed by atoms with Crippen molar-refractivity contribution in [2.75, 3.05) is 32.8 Å². The third-order valence-electron chi connectivity index (χ3n) is 2.57. The fraction of sp³-hybridized carbons (Fsp3) is 0.778. The summed E-state index contributed by atoms with van der Waals surface area (Å²) < 4.78 is 34.9. The van der Waals surface area contributed by atoms with E-state index in [-0.39, 0.29) is 5.82 Å². The largest absolute Gasteiger partial charge is 0.400 e. The molecule has 1 fully saturated rings. The van der Waals surface area contributed by atoms with Gasteiger partial charge < -0.3 is 15.0 Å². The Labute approximate surface area is 107 Å². The Morgan fingerprint density at radius 2 is 2.11 bits per heavy atom. The molecule has 9 heteroatoms. The summed E-state index contributed by atoms with van der Waals surface area (Å²) >= 11 is 4.77. The molecule has 2 rings (SSSR count). The van der Waals surface area contributed by atoms with Crippen LogP contribution in [-0.2, 0) is 10.1 Å². The number of rotatable bonds is 4.